The highest BCUT2D eigenvalue weighted by molar-refractivity contribution is 7.98. The molecule has 0 aliphatic heterocycles. The molecule has 1 N–H and O–H groups in total. The molecule has 0 radical (unpaired) electrons. The van der Waals surface area contributed by atoms with Crippen LogP contribution >= 0.6 is 11.8 Å². The second-order valence-electron chi connectivity index (χ2n) is 7.41. The zero-order valence-corrected chi connectivity index (χ0v) is 17.3. The van der Waals surface area contributed by atoms with Gasteiger partial charge in [0.15, 0.2) is 10.8 Å². The Morgan fingerprint density at radius 2 is 1.83 bits per heavy atom. The van der Waals surface area contributed by atoms with E-state index in [1.165, 1.54) is 16.5 Å². The van der Waals surface area contributed by atoms with Gasteiger partial charge < -0.3 is 4.98 Å². The predicted octanol–water partition coefficient (Wildman–Crippen LogP) is 4.94. The second-order valence-corrected chi connectivity index (χ2v) is 8.35. The third-order valence-corrected chi connectivity index (χ3v) is 6.49. The van der Waals surface area contributed by atoms with E-state index in [0.717, 1.165) is 38.4 Å². The Morgan fingerprint density at radius 3 is 2.69 bits per heavy atom. The molecule has 0 atom stereocenters. The molecule has 0 aliphatic rings. The van der Waals surface area contributed by atoms with Crippen LogP contribution in [0.15, 0.2) is 58.5 Å². The van der Waals surface area contributed by atoms with Crippen LogP contribution in [-0.2, 0) is 5.75 Å². The van der Waals surface area contributed by atoms with E-state index in [2.05, 4.69) is 58.6 Å². The van der Waals surface area contributed by atoms with Crippen LogP contribution in [0.4, 0.5) is 0 Å². The number of hydrogen-bond acceptors (Lipinski definition) is 4. The number of para-hydroxylation sites is 1. The number of aromatic amines is 1. The second kappa shape index (κ2) is 6.74. The first-order valence-electron chi connectivity index (χ1n) is 9.51. The predicted molar refractivity (Wildman–Crippen MR) is 119 cm³/mol. The van der Waals surface area contributed by atoms with Gasteiger partial charge in [0.05, 0.1) is 5.52 Å². The minimum atomic E-state index is -0.0850. The Morgan fingerprint density at radius 1 is 1.00 bits per heavy atom. The van der Waals surface area contributed by atoms with Crippen molar-refractivity contribution in [2.45, 2.75) is 31.7 Å². The van der Waals surface area contributed by atoms with Crippen molar-refractivity contribution in [2.24, 2.45) is 0 Å². The summed E-state index contributed by atoms with van der Waals surface area (Å²) in [6, 6.07) is 16.1. The largest absolute Gasteiger partial charge is 0.322 e. The van der Waals surface area contributed by atoms with E-state index in [1.807, 2.05) is 24.3 Å². The van der Waals surface area contributed by atoms with Gasteiger partial charge in [-0.15, -0.1) is 10.2 Å². The maximum Gasteiger partial charge on any atom is 0.248 e. The number of nitrogens with one attached hydrogen (secondary N) is 1. The molecule has 5 nitrogen and oxygen atoms in total. The SMILES string of the molecule is Cc1ccc2cc(C)c3nnc(SCc4cc(=O)[nH]c5ccccc45)n3c2c1C. The maximum absolute atomic E-state index is 12.1. The summed E-state index contributed by atoms with van der Waals surface area (Å²) in [5, 5.41) is 12.0. The molecule has 144 valence electrons. The summed E-state index contributed by atoms with van der Waals surface area (Å²) in [6.45, 7) is 6.34. The number of rotatable bonds is 3. The summed E-state index contributed by atoms with van der Waals surface area (Å²) in [6.07, 6.45) is 0. The highest BCUT2D eigenvalue weighted by atomic mass is 32.2. The monoisotopic (exact) mass is 400 g/mol. The fraction of sp³-hybridized carbons (Fsp3) is 0.174. The molecule has 0 saturated heterocycles. The first-order valence-corrected chi connectivity index (χ1v) is 10.5. The van der Waals surface area contributed by atoms with E-state index >= 15 is 0 Å². The smallest absolute Gasteiger partial charge is 0.248 e. The third-order valence-electron chi connectivity index (χ3n) is 5.51. The molecule has 0 saturated carbocycles. The lowest BCUT2D eigenvalue weighted by molar-refractivity contribution is 0.937. The molecular formula is C23H20N4OS. The number of pyridine rings is 2. The van der Waals surface area contributed by atoms with Gasteiger partial charge in [-0.25, -0.2) is 0 Å². The molecule has 3 aromatic heterocycles. The van der Waals surface area contributed by atoms with E-state index in [1.54, 1.807) is 17.8 Å². The van der Waals surface area contributed by atoms with Crippen molar-refractivity contribution < 1.29 is 0 Å². The number of H-pyrrole nitrogens is 1. The third kappa shape index (κ3) is 2.91. The van der Waals surface area contributed by atoms with Crippen molar-refractivity contribution in [3.8, 4) is 0 Å². The van der Waals surface area contributed by atoms with Gasteiger partial charge in [-0.2, -0.15) is 0 Å². The lowest BCUT2D eigenvalue weighted by Gasteiger charge is -2.12. The highest BCUT2D eigenvalue weighted by Gasteiger charge is 2.15. The summed E-state index contributed by atoms with van der Waals surface area (Å²) in [5.41, 5.74) is 7.37. The molecule has 5 aromatic rings. The van der Waals surface area contributed by atoms with Gasteiger partial charge in [0.25, 0.3) is 0 Å². The van der Waals surface area contributed by atoms with Crippen molar-refractivity contribution in [3.63, 3.8) is 0 Å². The Bertz CT molecular complexity index is 1470. The molecule has 0 aliphatic carbocycles. The summed E-state index contributed by atoms with van der Waals surface area (Å²) in [5.74, 6) is 0.644. The fourth-order valence-corrected chi connectivity index (χ4v) is 4.82. The first-order chi connectivity index (χ1) is 14.0. The van der Waals surface area contributed by atoms with Crippen LogP contribution in [0.2, 0.25) is 0 Å². The zero-order valence-electron chi connectivity index (χ0n) is 16.5. The van der Waals surface area contributed by atoms with Gasteiger partial charge in [0, 0.05) is 22.7 Å². The Balaban J connectivity index is 1.66. The molecule has 0 amide bonds. The van der Waals surface area contributed by atoms with E-state index in [0.29, 0.717) is 5.75 Å². The number of hydrogen-bond donors (Lipinski definition) is 1. The zero-order chi connectivity index (χ0) is 20.1. The van der Waals surface area contributed by atoms with Crippen LogP contribution in [0.1, 0.15) is 22.3 Å². The Labute approximate surface area is 171 Å². The standard InChI is InChI=1S/C23H20N4OS/c1-13-8-9-16-10-14(2)22-25-26-23(27(22)21(16)15(13)3)29-12-17-11-20(28)24-19-7-5-4-6-18(17)19/h4-11H,12H2,1-3H3,(H,24,28). The van der Waals surface area contributed by atoms with Crippen molar-refractivity contribution in [1.82, 2.24) is 19.6 Å². The molecule has 3 heterocycles. The van der Waals surface area contributed by atoms with E-state index in [-0.39, 0.29) is 5.56 Å². The molecule has 29 heavy (non-hydrogen) atoms. The topological polar surface area (TPSA) is 63.0 Å². The van der Waals surface area contributed by atoms with Gasteiger partial charge in [-0.05, 0) is 60.5 Å². The number of aromatic nitrogens is 4. The average Bonchev–Trinajstić information content (AvgIpc) is 3.13. The van der Waals surface area contributed by atoms with Gasteiger partial charge in [0.2, 0.25) is 5.56 Å². The lowest BCUT2D eigenvalue weighted by atomic mass is 10.0. The number of thioether (sulfide) groups is 1. The number of fused-ring (bicyclic) bond motifs is 4. The van der Waals surface area contributed by atoms with Crippen molar-refractivity contribution >= 4 is 39.2 Å². The quantitative estimate of drug-likeness (QED) is 0.436. The maximum atomic E-state index is 12.1. The minimum absolute atomic E-state index is 0.0850. The molecule has 0 unspecified atom stereocenters. The molecular weight excluding hydrogens is 380 g/mol. The van der Waals surface area contributed by atoms with Gasteiger partial charge in [-0.3, -0.25) is 9.20 Å². The van der Waals surface area contributed by atoms with Crippen molar-refractivity contribution in [3.05, 3.63) is 81.1 Å². The molecule has 0 spiro atoms. The summed E-state index contributed by atoms with van der Waals surface area (Å²) in [4.78, 5) is 15.0. The molecule has 0 bridgehead atoms. The molecule has 2 aromatic carbocycles. The first kappa shape index (κ1) is 17.9. The number of nitrogens with zero attached hydrogens (tertiary/aromatic N) is 3. The van der Waals surface area contributed by atoms with E-state index in [9.17, 15) is 4.79 Å². The Hall–Kier alpha value is -3.12. The van der Waals surface area contributed by atoms with Crippen LogP contribution in [-0.4, -0.2) is 19.6 Å². The van der Waals surface area contributed by atoms with E-state index in [4.69, 9.17) is 0 Å². The summed E-state index contributed by atoms with van der Waals surface area (Å²) in [7, 11) is 0. The van der Waals surface area contributed by atoms with Gasteiger partial charge in [-0.1, -0.05) is 42.1 Å². The van der Waals surface area contributed by atoms with E-state index < -0.39 is 0 Å². The van der Waals surface area contributed by atoms with Crippen LogP contribution < -0.4 is 5.56 Å². The highest BCUT2D eigenvalue weighted by Crippen LogP contribution is 2.31. The van der Waals surface area contributed by atoms with Crippen molar-refractivity contribution in [1.29, 1.82) is 0 Å². The van der Waals surface area contributed by atoms with Crippen LogP contribution in [0.5, 0.6) is 0 Å². The Kier molecular flexibility index (Phi) is 4.17. The molecule has 0 fully saturated rings. The number of benzene rings is 2. The van der Waals surface area contributed by atoms with Gasteiger partial charge >= 0.3 is 0 Å². The molecule has 6 heteroatoms. The van der Waals surface area contributed by atoms with Crippen LogP contribution in [0, 0.1) is 20.8 Å². The average molecular weight is 401 g/mol. The van der Waals surface area contributed by atoms with Gasteiger partial charge in [0.1, 0.15) is 0 Å². The normalized spacial score (nSPS) is 11.7. The minimum Gasteiger partial charge on any atom is -0.322 e. The fourth-order valence-electron chi connectivity index (χ4n) is 3.89. The lowest BCUT2D eigenvalue weighted by Crippen LogP contribution is -2.06. The number of aryl methyl sites for hydroxylation is 3. The summed E-state index contributed by atoms with van der Waals surface area (Å²) >= 11 is 1.61. The van der Waals surface area contributed by atoms with Crippen LogP contribution in [0.25, 0.3) is 27.5 Å². The molecule has 5 rings (SSSR count). The van der Waals surface area contributed by atoms with Crippen molar-refractivity contribution in [2.75, 3.05) is 0 Å². The van der Waals surface area contributed by atoms with Crippen LogP contribution in [0.3, 0.4) is 0 Å². The summed E-state index contributed by atoms with van der Waals surface area (Å²) < 4.78 is 2.16.